The molecule has 1 heterocycles. The number of nitrogens with one attached hydrogen (secondary N) is 2. The van der Waals surface area contributed by atoms with Crippen molar-refractivity contribution < 1.29 is 33.0 Å². The lowest BCUT2D eigenvalue weighted by Crippen LogP contribution is -2.49. The van der Waals surface area contributed by atoms with Gasteiger partial charge in [-0.05, 0) is 62.2 Å². The van der Waals surface area contributed by atoms with Crippen LogP contribution in [0, 0.1) is 18.6 Å². The first-order valence-corrected chi connectivity index (χ1v) is 11.4. The molecule has 8 nitrogen and oxygen atoms in total. The summed E-state index contributed by atoms with van der Waals surface area (Å²) >= 11 is 0. The van der Waals surface area contributed by atoms with E-state index in [9.17, 15) is 28.3 Å². The zero-order valence-electron chi connectivity index (χ0n) is 20.4. The zero-order chi connectivity index (χ0) is 26.9. The number of halogens is 2. The van der Waals surface area contributed by atoms with Gasteiger partial charge < -0.3 is 20.5 Å². The van der Waals surface area contributed by atoms with Crippen LogP contribution in [0.2, 0.25) is 0 Å². The summed E-state index contributed by atoms with van der Waals surface area (Å²) < 4.78 is 33.5. The van der Waals surface area contributed by atoms with E-state index >= 15 is 0 Å². The molecule has 0 spiro atoms. The predicted molar refractivity (Wildman–Crippen MR) is 133 cm³/mol. The number of hydrogen-bond donors (Lipinski definition) is 3. The van der Waals surface area contributed by atoms with Gasteiger partial charge in [0, 0.05) is 17.3 Å². The smallest absolute Gasteiger partial charge is 0.328 e. The maximum absolute atomic E-state index is 13.9. The Morgan fingerprint density at radius 3 is 2.49 bits per heavy atom. The van der Waals surface area contributed by atoms with Gasteiger partial charge in [0.2, 0.25) is 0 Å². The number of carboxylic acid groups (broad SMARTS) is 1. The van der Waals surface area contributed by atoms with Crippen molar-refractivity contribution in [3.63, 3.8) is 0 Å². The van der Waals surface area contributed by atoms with Crippen LogP contribution in [0.15, 0.2) is 54.6 Å². The van der Waals surface area contributed by atoms with Gasteiger partial charge in [-0.2, -0.15) is 0 Å². The number of anilines is 2. The number of urea groups is 1. The summed E-state index contributed by atoms with van der Waals surface area (Å²) in [5, 5.41) is 14.4. The Labute approximate surface area is 211 Å². The van der Waals surface area contributed by atoms with Gasteiger partial charge in [-0.15, -0.1) is 0 Å². The minimum absolute atomic E-state index is 0.190. The van der Waals surface area contributed by atoms with Gasteiger partial charge in [0.25, 0.3) is 5.91 Å². The fraction of sp³-hybridized carbons (Fsp3) is 0.222. The van der Waals surface area contributed by atoms with E-state index < -0.39 is 35.1 Å². The molecule has 0 saturated heterocycles. The lowest BCUT2D eigenvalue weighted by Gasteiger charge is -2.31. The minimum Gasteiger partial charge on any atom is -0.489 e. The number of nitrogens with zero attached hydrogens (tertiary/aromatic N) is 1. The quantitative estimate of drug-likeness (QED) is 0.416. The van der Waals surface area contributed by atoms with Crippen LogP contribution < -0.4 is 20.3 Å². The highest BCUT2D eigenvalue weighted by Gasteiger charge is 2.30. The number of carbonyl (C=O) groups is 3. The lowest BCUT2D eigenvalue weighted by molar-refractivity contribution is -0.143. The summed E-state index contributed by atoms with van der Waals surface area (Å²) in [6.45, 7) is 4.43. The van der Waals surface area contributed by atoms with Crippen LogP contribution >= 0.6 is 0 Å². The summed E-state index contributed by atoms with van der Waals surface area (Å²) in [7, 11) is 0. The Morgan fingerprint density at radius 2 is 1.81 bits per heavy atom. The second-order valence-electron chi connectivity index (χ2n) is 9.21. The number of aliphatic carboxylic acids is 1. The molecule has 3 N–H and O–H groups in total. The molecule has 3 aromatic rings. The molecule has 0 atom stereocenters. The number of aryl methyl sites for hydroxylation is 1. The molecule has 1 aliphatic heterocycles. The molecule has 3 amide bonds. The molecular weight excluding hydrogens is 484 g/mol. The Bertz CT molecular complexity index is 1390. The maximum Gasteiger partial charge on any atom is 0.328 e. The van der Waals surface area contributed by atoms with Crippen molar-refractivity contribution in [2.75, 3.05) is 10.2 Å². The van der Waals surface area contributed by atoms with Crippen molar-refractivity contribution in [3.05, 3.63) is 88.5 Å². The second-order valence-corrected chi connectivity index (χ2v) is 9.21. The van der Waals surface area contributed by atoms with Gasteiger partial charge in [-0.3, -0.25) is 9.69 Å². The third kappa shape index (κ3) is 5.37. The first-order valence-electron chi connectivity index (χ1n) is 11.4. The van der Waals surface area contributed by atoms with Crippen molar-refractivity contribution >= 4 is 29.3 Å². The summed E-state index contributed by atoms with van der Waals surface area (Å²) in [6.07, 6.45) is 0. The number of benzene rings is 3. The average Bonchev–Trinajstić information content (AvgIpc) is 2.83. The molecule has 0 radical (unpaired) electrons. The van der Waals surface area contributed by atoms with Crippen molar-refractivity contribution in [1.82, 2.24) is 5.32 Å². The molecule has 0 aromatic heterocycles. The molecule has 10 heteroatoms. The van der Waals surface area contributed by atoms with E-state index in [1.165, 1.54) is 30.9 Å². The Morgan fingerprint density at radius 1 is 1.11 bits per heavy atom. The summed E-state index contributed by atoms with van der Waals surface area (Å²) in [5.74, 6) is -2.85. The highest BCUT2D eigenvalue weighted by Crippen LogP contribution is 2.33. The Kier molecular flexibility index (Phi) is 6.84. The van der Waals surface area contributed by atoms with Crippen molar-refractivity contribution in [3.8, 4) is 5.75 Å². The molecule has 0 fully saturated rings. The largest absolute Gasteiger partial charge is 0.489 e. The van der Waals surface area contributed by atoms with Crippen LogP contribution in [0.25, 0.3) is 0 Å². The van der Waals surface area contributed by atoms with Gasteiger partial charge in [-0.1, -0.05) is 18.2 Å². The number of carbonyl (C=O) groups excluding carboxylic acids is 2. The molecule has 192 valence electrons. The van der Waals surface area contributed by atoms with Crippen molar-refractivity contribution in [2.24, 2.45) is 0 Å². The van der Waals surface area contributed by atoms with Crippen LogP contribution in [0.1, 0.15) is 40.9 Å². The molecule has 3 aromatic carbocycles. The van der Waals surface area contributed by atoms with Gasteiger partial charge in [0.05, 0.1) is 17.8 Å². The van der Waals surface area contributed by atoms with Gasteiger partial charge in [0.1, 0.15) is 29.5 Å². The summed E-state index contributed by atoms with van der Waals surface area (Å²) in [4.78, 5) is 38.3. The number of ether oxygens (including phenoxy) is 1. The first kappa shape index (κ1) is 25.6. The molecule has 4 rings (SSSR count). The molecule has 37 heavy (non-hydrogen) atoms. The number of carboxylic acids is 1. The van der Waals surface area contributed by atoms with Gasteiger partial charge >= 0.3 is 12.0 Å². The van der Waals surface area contributed by atoms with Gasteiger partial charge in [0.15, 0.2) is 0 Å². The fourth-order valence-corrected chi connectivity index (χ4v) is 3.80. The average molecular weight is 510 g/mol. The van der Waals surface area contributed by atoms with E-state index in [-0.39, 0.29) is 24.3 Å². The van der Waals surface area contributed by atoms with E-state index in [1.807, 2.05) is 6.92 Å². The summed E-state index contributed by atoms with van der Waals surface area (Å²) in [6, 6.07) is 12.9. The third-order valence-corrected chi connectivity index (χ3v) is 6.06. The highest BCUT2D eigenvalue weighted by atomic mass is 19.1. The number of amides is 3. The Hall–Kier alpha value is -4.47. The van der Waals surface area contributed by atoms with E-state index in [2.05, 4.69) is 10.6 Å². The number of hydrogen-bond acceptors (Lipinski definition) is 4. The van der Waals surface area contributed by atoms with Crippen LogP contribution in [-0.4, -0.2) is 28.6 Å². The van der Waals surface area contributed by atoms with Crippen molar-refractivity contribution in [2.45, 2.75) is 39.5 Å². The molecule has 0 saturated carbocycles. The maximum atomic E-state index is 13.9. The molecule has 1 aliphatic rings. The number of rotatable bonds is 7. The standard InChI is InChI=1S/C27H25F2N3O5/c1-15-7-10-18(37-14-19-20(28)5-4-6-21(19)29)12-23(15)32-13-17-9-8-16(11-22(17)30-26(32)36)24(33)31-27(2,3)25(34)35/h4-12H,13-14H2,1-3H3,(H,30,36)(H,31,33)(H,34,35). The van der Waals surface area contributed by atoms with Gasteiger partial charge in [-0.25, -0.2) is 18.4 Å². The van der Waals surface area contributed by atoms with Crippen LogP contribution in [0.3, 0.4) is 0 Å². The zero-order valence-corrected chi connectivity index (χ0v) is 20.4. The lowest BCUT2D eigenvalue weighted by atomic mass is 10.0. The highest BCUT2D eigenvalue weighted by molar-refractivity contribution is 6.06. The fourth-order valence-electron chi connectivity index (χ4n) is 3.80. The molecule has 0 aliphatic carbocycles. The molecule has 0 unspecified atom stereocenters. The second kappa shape index (κ2) is 9.88. The van der Waals surface area contributed by atoms with E-state index in [0.29, 0.717) is 17.1 Å². The normalized spacial score (nSPS) is 13.0. The molecule has 0 bridgehead atoms. The topological polar surface area (TPSA) is 108 Å². The van der Waals surface area contributed by atoms with E-state index in [1.54, 1.807) is 30.3 Å². The number of fused-ring (bicyclic) bond motifs is 1. The van der Waals surface area contributed by atoms with Crippen molar-refractivity contribution in [1.29, 1.82) is 0 Å². The van der Waals surface area contributed by atoms with Crippen LogP contribution in [-0.2, 0) is 17.9 Å². The first-order chi connectivity index (χ1) is 17.5. The monoisotopic (exact) mass is 509 g/mol. The van der Waals surface area contributed by atoms with E-state index in [0.717, 1.165) is 23.3 Å². The third-order valence-electron chi connectivity index (χ3n) is 6.06. The minimum atomic E-state index is -1.46. The summed E-state index contributed by atoms with van der Waals surface area (Å²) in [5.41, 5.74) is 1.02. The van der Waals surface area contributed by atoms with Crippen LogP contribution in [0.4, 0.5) is 25.0 Å². The molecular formula is C27H25F2N3O5. The van der Waals surface area contributed by atoms with E-state index in [4.69, 9.17) is 4.74 Å². The Balaban J connectivity index is 1.53. The SMILES string of the molecule is Cc1ccc(OCc2c(F)cccc2F)cc1N1Cc2ccc(C(=O)NC(C)(C)C(=O)O)cc2NC1=O. The predicted octanol–water partition coefficient (Wildman–Crippen LogP) is 5.00. The van der Waals surface area contributed by atoms with Crippen LogP contribution in [0.5, 0.6) is 5.75 Å².